The highest BCUT2D eigenvalue weighted by Gasteiger charge is 2.20. The average Bonchev–Trinajstić information content (AvgIpc) is 2.63. The molecule has 0 saturated heterocycles. The van der Waals surface area contributed by atoms with E-state index < -0.39 is 10.0 Å². The van der Waals surface area contributed by atoms with Crippen LogP contribution in [0.3, 0.4) is 0 Å². The smallest absolute Gasteiger partial charge is 0.262 e. The van der Waals surface area contributed by atoms with E-state index in [9.17, 15) is 8.42 Å². The fraction of sp³-hybridized carbons (Fsp3) is 0.250. The Hall–Kier alpha value is -1.34. The molecule has 1 aromatic carbocycles. The van der Waals surface area contributed by atoms with Crippen molar-refractivity contribution in [1.82, 2.24) is 10.2 Å². The topological polar surface area (TPSA) is 74.8 Å². The van der Waals surface area contributed by atoms with Crippen molar-refractivity contribution >= 4 is 31.6 Å². The molecule has 0 aliphatic carbocycles. The van der Waals surface area contributed by atoms with Gasteiger partial charge in [0.05, 0.1) is 22.0 Å². The van der Waals surface area contributed by atoms with Crippen LogP contribution in [0.2, 0.25) is 0 Å². The number of H-pyrrole nitrogens is 1. The Morgan fingerprint density at radius 2 is 1.95 bits per heavy atom. The van der Waals surface area contributed by atoms with E-state index in [-0.39, 0.29) is 4.90 Å². The van der Waals surface area contributed by atoms with Crippen LogP contribution >= 0.6 is 15.9 Å². The molecule has 19 heavy (non-hydrogen) atoms. The summed E-state index contributed by atoms with van der Waals surface area (Å²) in [6.45, 7) is 5.27. The molecule has 5 nitrogen and oxygen atoms in total. The van der Waals surface area contributed by atoms with Crippen molar-refractivity contribution in [3.8, 4) is 0 Å². The molecule has 2 N–H and O–H groups in total. The Morgan fingerprint density at radius 3 is 2.53 bits per heavy atom. The van der Waals surface area contributed by atoms with Gasteiger partial charge in [-0.1, -0.05) is 22.0 Å². The molecule has 0 fully saturated rings. The van der Waals surface area contributed by atoms with Crippen LogP contribution in [0.15, 0.2) is 27.6 Å². The van der Waals surface area contributed by atoms with E-state index in [2.05, 4.69) is 30.8 Å². The molecule has 0 saturated carbocycles. The number of hydrogen-bond acceptors (Lipinski definition) is 3. The van der Waals surface area contributed by atoms with Crippen molar-refractivity contribution in [3.63, 3.8) is 0 Å². The van der Waals surface area contributed by atoms with Gasteiger partial charge in [0.1, 0.15) is 0 Å². The molecule has 0 atom stereocenters. The standard InChI is InChI=1S/C12H14BrN3O2S/c1-7-4-5-10(13)6-11(7)19(17,18)16-12-8(2)14-15-9(12)3/h4-6,16H,1-3H3,(H,14,15). The zero-order valence-electron chi connectivity index (χ0n) is 10.8. The van der Waals surface area contributed by atoms with E-state index in [1.54, 1.807) is 32.9 Å². The van der Waals surface area contributed by atoms with Gasteiger partial charge < -0.3 is 0 Å². The number of hydrogen-bond donors (Lipinski definition) is 2. The predicted octanol–water partition coefficient (Wildman–Crippen LogP) is 2.90. The molecular formula is C12H14BrN3O2S. The van der Waals surface area contributed by atoms with Gasteiger partial charge in [-0.25, -0.2) is 8.42 Å². The Bertz CT molecular complexity index is 703. The summed E-state index contributed by atoms with van der Waals surface area (Å²) in [5.74, 6) is 0. The van der Waals surface area contributed by atoms with E-state index >= 15 is 0 Å². The maximum atomic E-state index is 12.4. The second-order valence-electron chi connectivity index (χ2n) is 4.32. The molecule has 102 valence electrons. The fourth-order valence-electron chi connectivity index (χ4n) is 1.75. The Morgan fingerprint density at radius 1 is 1.26 bits per heavy atom. The Balaban J connectivity index is 2.47. The summed E-state index contributed by atoms with van der Waals surface area (Å²) < 4.78 is 28.1. The third-order valence-corrected chi connectivity index (χ3v) is 4.79. The second kappa shape index (κ2) is 4.97. The van der Waals surface area contributed by atoms with Gasteiger partial charge in [-0.05, 0) is 38.5 Å². The van der Waals surface area contributed by atoms with Crippen LogP contribution in [-0.4, -0.2) is 18.6 Å². The first-order chi connectivity index (χ1) is 8.81. The van der Waals surface area contributed by atoms with Crippen molar-refractivity contribution in [1.29, 1.82) is 0 Å². The first-order valence-corrected chi connectivity index (χ1v) is 7.89. The van der Waals surface area contributed by atoms with Crippen molar-refractivity contribution < 1.29 is 8.42 Å². The summed E-state index contributed by atoms with van der Waals surface area (Å²) in [7, 11) is -3.62. The summed E-state index contributed by atoms with van der Waals surface area (Å²) in [4.78, 5) is 0.252. The minimum absolute atomic E-state index is 0.252. The molecule has 0 bridgehead atoms. The third kappa shape index (κ3) is 2.82. The molecule has 2 rings (SSSR count). The summed E-state index contributed by atoms with van der Waals surface area (Å²) in [5, 5.41) is 6.72. The highest BCUT2D eigenvalue weighted by molar-refractivity contribution is 9.10. The number of sulfonamides is 1. The van der Waals surface area contributed by atoms with Crippen LogP contribution in [-0.2, 0) is 10.0 Å². The maximum Gasteiger partial charge on any atom is 0.262 e. The molecule has 0 aliphatic heterocycles. The summed E-state index contributed by atoms with van der Waals surface area (Å²) >= 11 is 3.28. The van der Waals surface area contributed by atoms with Crippen LogP contribution in [0.4, 0.5) is 5.69 Å². The largest absolute Gasteiger partial charge is 0.280 e. The minimum Gasteiger partial charge on any atom is -0.280 e. The molecule has 0 spiro atoms. The SMILES string of the molecule is Cc1ccc(Br)cc1S(=O)(=O)Nc1c(C)n[nH]c1C. The fourth-order valence-corrected chi connectivity index (χ4v) is 3.72. The van der Waals surface area contributed by atoms with Crippen molar-refractivity contribution in [3.05, 3.63) is 39.6 Å². The number of benzene rings is 1. The first-order valence-electron chi connectivity index (χ1n) is 5.62. The molecular weight excluding hydrogens is 330 g/mol. The average molecular weight is 344 g/mol. The van der Waals surface area contributed by atoms with Crippen LogP contribution in [0.1, 0.15) is 17.0 Å². The van der Waals surface area contributed by atoms with Gasteiger partial charge in [0.15, 0.2) is 0 Å². The molecule has 0 unspecified atom stereocenters. The zero-order chi connectivity index (χ0) is 14.2. The molecule has 0 radical (unpaired) electrons. The predicted molar refractivity (Wildman–Crippen MR) is 77.7 cm³/mol. The molecule has 1 heterocycles. The lowest BCUT2D eigenvalue weighted by atomic mass is 10.2. The molecule has 7 heteroatoms. The number of halogens is 1. The normalized spacial score (nSPS) is 11.6. The van der Waals surface area contributed by atoms with E-state index in [0.717, 1.165) is 4.47 Å². The first kappa shape index (κ1) is 14.1. The van der Waals surface area contributed by atoms with E-state index in [4.69, 9.17) is 0 Å². The quantitative estimate of drug-likeness (QED) is 0.899. The summed E-state index contributed by atoms with van der Waals surface area (Å²) in [6, 6.07) is 5.15. The van der Waals surface area contributed by atoms with E-state index in [1.807, 2.05) is 6.07 Å². The lowest BCUT2D eigenvalue weighted by Gasteiger charge is -2.10. The molecule has 1 aromatic heterocycles. The number of aryl methyl sites for hydroxylation is 3. The number of nitrogens with one attached hydrogen (secondary N) is 2. The highest BCUT2D eigenvalue weighted by atomic mass is 79.9. The lowest BCUT2D eigenvalue weighted by Crippen LogP contribution is -2.15. The highest BCUT2D eigenvalue weighted by Crippen LogP contribution is 2.25. The molecule has 0 amide bonds. The third-order valence-electron chi connectivity index (χ3n) is 2.80. The van der Waals surface area contributed by atoms with Crippen LogP contribution in [0, 0.1) is 20.8 Å². The van der Waals surface area contributed by atoms with Gasteiger partial charge in [0.2, 0.25) is 0 Å². The molecule has 2 aromatic rings. The van der Waals surface area contributed by atoms with Gasteiger partial charge >= 0.3 is 0 Å². The van der Waals surface area contributed by atoms with Gasteiger partial charge in [0, 0.05) is 4.47 Å². The van der Waals surface area contributed by atoms with Gasteiger partial charge in [-0.2, -0.15) is 5.10 Å². The monoisotopic (exact) mass is 343 g/mol. The van der Waals surface area contributed by atoms with Crippen LogP contribution in [0.5, 0.6) is 0 Å². The van der Waals surface area contributed by atoms with Crippen molar-refractivity contribution in [2.24, 2.45) is 0 Å². The van der Waals surface area contributed by atoms with Gasteiger partial charge in [-0.3, -0.25) is 9.82 Å². The van der Waals surface area contributed by atoms with Crippen LogP contribution < -0.4 is 4.72 Å². The number of anilines is 1. The maximum absolute atomic E-state index is 12.4. The Labute approximate surface area is 120 Å². The zero-order valence-corrected chi connectivity index (χ0v) is 13.2. The number of aromatic nitrogens is 2. The summed E-state index contributed by atoms with van der Waals surface area (Å²) in [6.07, 6.45) is 0. The summed E-state index contributed by atoms with van der Waals surface area (Å²) in [5.41, 5.74) is 2.50. The minimum atomic E-state index is -3.62. The van der Waals surface area contributed by atoms with Gasteiger partial charge in [-0.15, -0.1) is 0 Å². The number of aromatic amines is 1. The molecule has 0 aliphatic rings. The van der Waals surface area contributed by atoms with Gasteiger partial charge in [0.25, 0.3) is 10.0 Å². The lowest BCUT2D eigenvalue weighted by molar-refractivity contribution is 0.600. The van der Waals surface area contributed by atoms with Crippen molar-refractivity contribution in [2.75, 3.05) is 4.72 Å². The second-order valence-corrected chi connectivity index (χ2v) is 6.89. The van der Waals surface area contributed by atoms with Crippen LogP contribution in [0.25, 0.3) is 0 Å². The van der Waals surface area contributed by atoms with E-state index in [0.29, 0.717) is 22.6 Å². The number of rotatable bonds is 3. The Kier molecular flexibility index (Phi) is 3.69. The van der Waals surface area contributed by atoms with E-state index in [1.165, 1.54) is 0 Å². The number of nitrogens with zero attached hydrogens (tertiary/aromatic N) is 1. The van der Waals surface area contributed by atoms with Crippen molar-refractivity contribution in [2.45, 2.75) is 25.7 Å².